The Balaban J connectivity index is 1.42. The molecule has 1 unspecified atom stereocenters. The minimum Gasteiger partial charge on any atom is -0.493 e. The van der Waals surface area contributed by atoms with Gasteiger partial charge in [0.1, 0.15) is 6.61 Å². The largest absolute Gasteiger partial charge is 0.493 e. The van der Waals surface area contributed by atoms with Crippen LogP contribution in [0, 0.1) is 5.92 Å². The molecule has 1 amide bonds. The second-order valence-electron chi connectivity index (χ2n) is 7.75. The normalized spacial score (nSPS) is 20.4. The molecule has 0 radical (unpaired) electrons. The van der Waals surface area contributed by atoms with Gasteiger partial charge in [-0.25, -0.2) is 0 Å². The number of benzene rings is 1. The van der Waals surface area contributed by atoms with Crippen LogP contribution in [0.5, 0.6) is 11.5 Å². The smallest absolute Gasteiger partial charge is 0.220 e. The van der Waals surface area contributed by atoms with Crippen molar-refractivity contribution in [2.24, 2.45) is 5.92 Å². The van der Waals surface area contributed by atoms with Gasteiger partial charge in [-0.1, -0.05) is 38.2 Å². The van der Waals surface area contributed by atoms with Crippen LogP contribution in [0.1, 0.15) is 63.4 Å². The Labute approximate surface area is 162 Å². The number of hydrogen-bond donors (Lipinski definition) is 1. The summed E-state index contributed by atoms with van der Waals surface area (Å²) in [6, 6.07) is 5.83. The molecule has 1 atom stereocenters. The van der Waals surface area contributed by atoms with Crippen LogP contribution >= 0.6 is 0 Å². The van der Waals surface area contributed by atoms with E-state index in [0.717, 1.165) is 43.1 Å². The van der Waals surface area contributed by atoms with Crippen molar-refractivity contribution in [1.29, 1.82) is 0 Å². The van der Waals surface area contributed by atoms with Crippen molar-refractivity contribution >= 4 is 5.91 Å². The van der Waals surface area contributed by atoms with Gasteiger partial charge in [0.05, 0.1) is 13.2 Å². The van der Waals surface area contributed by atoms with Gasteiger partial charge in [0.2, 0.25) is 5.91 Å². The minimum absolute atomic E-state index is 0.137. The summed E-state index contributed by atoms with van der Waals surface area (Å²) in [6.45, 7) is 1.89. The zero-order valence-corrected chi connectivity index (χ0v) is 16.5. The summed E-state index contributed by atoms with van der Waals surface area (Å²) in [5.74, 6) is 2.30. The first-order valence-corrected chi connectivity index (χ1v) is 10.4. The molecular formula is C22H33NO4. The van der Waals surface area contributed by atoms with Crippen molar-refractivity contribution in [3.8, 4) is 11.5 Å². The molecule has 150 valence electrons. The van der Waals surface area contributed by atoms with E-state index in [9.17, 15) is 4.79 Å². The van der Waals surface area contributed by atoms with E-state index >= 15 is 0 Å². The molecule has 1 heterocycles. The first-order valence-electron chi connectivity index (χ1n) is 10.4. The van der Waals surface area contributed by atoms with Gasteiger partial charge >= 0.3 is 0 Å². The highest BCUT2D eigenvalue weighted by molar-refractivity contribution is 5.75. The maximum Gasteiger partial charge on any atom is 0.220 e. The molecule has 27 heavy (non-hydrogen) atoms. The molecule has 1 aliphatic heterocycles. The number of hydrogen-bond acceptors (Lipinski definition) is 4. The second-order valence-corrected chi connectivity index (χ2v) is 7.75. The van der Waals surface area contributed by atoms with Crippen LogP contribution in [-0.4, -0.2) is 32.3 Å². The molecule has 1 aromatic carbocycles. The van der Waals surface area contributed by atoms with Crippen molar-refractivity contribution in [1.82, 2.24) is 5.32 Å². The quantitative estimate of drug-likeness (QED) is 0.702. The van der Waals surface area contributed by atoms with Crippen molar-refractivity contribution in [3.63, 3.8) is 0 Å². The number of methoxy groups -OCH3 is 1. The van der Waals surface area contributed by atoms with E-state index in [-0.39, 0.29) is 12.0 Å². The number of carbonyl (C=O) groups is 1. The monoisotopic (exact) mass is 375 g/mol. The highest BCUT2D eigenvalue weighted by Crippen LogP contribution is 2.29. The van der Waals surface area contributed by atoms with Crippen LogP contribution in [0.3, 0.4) is 0 Å². The molecule has 3 rings (SSSR count). The summed E-state index contributed by atoms with van der Waals surface area (Å²) >= 11 is 0. The zero-order valence-electron chi connectivity index (χ0n) is 16.5. The molecule has 0 bridgehead atoms. The van der Waals surface area contributed by atoms with Crippen LogP contribution < -0.4 is 14.8 Å². The molecule has 1 saturated heterocycles. The average molecular weight is 376 g/mol. The zero-order chi connectivity index (χ0) is 18.9. The average Bonchev–Trinajstić information content (AvgIpc) is 3.24. The molecule has 1 aromatic rings. The third-order valence-corrected chi connectivity index (χ3v) is 5.67. The topological polar surface area (TPSA) is 56.8 Å². The predicted octanol–water partition coefficient (Wildman–Crippen LogP) is 4.23. The Bertz CT molecular complexity index is 592. The lowest BCUT2D eigenvalue weighted by molar-refractivity contribution is -0.121. The number of ether oxygens (including phenoxy) is 3. The maximum absolute atomic E-state index is 12.1. The van der Waals surface area contributed by atoms with Gasteiger partial charge in [0.15, 0.2) is 11.5 Å². The van der Waals surface area contributed by atoms with E-state index in [1.54, 1.807) is 7.11 Å². The Morgan fingerprint density at radius 1 is 1.15 bits per heavy atom. The fourth-order valence-corrected chi connectivity index (χ4v) is 4.00. The summed E-state index contributed by atoms with van der Waals surface area (Å²) in [5, 5.41) is 3.03. The van der Waals surface area contributed by atoms with Crippen molar-refractivity contribution < 1.29 is 19.0 Å². The SMILES string of the molecule is COc1cc(CNC(=O)CCC2CCCCC2)ccc1OCC1CCCO1. The van der Waals surface area contributed by atoms with Crippen LogP contribution in [0.15, 0.2) is 18.2 Å². The van der Waals surface area contributed by atoms with E-state index in [2.05, 4.69) is 5.32 Å². The lowest BCUT2D eigenvalue weighted by atomic mass is 9.86. The van der Waals surface area contributed by atoms with Gasteiger partial charge < -0.3 is 19.5 Å². The lowest BCUT2D eigenvalue weighted by Crippen LogP contribution is -2.23. The maximum atomic E-state index is 12.1. The summed E-state index contributed by atoms with van der Waals surface area (Å²) in [7, 11) is 1.64. The highest BCUT2D eigenvalue weighted by atomic mass is 16.5. The van der Waals surface area contributed by atoms with Crippen molar-refractivity contribution in [2.75, 3.05) is 20.3 Å². The third kappa shape index (κ3) is 6.42. The fourth-order valence-electron chi connectivity index (χ4n) is 4.00. The van der Waals surface area contributed by atoms with Crippen molar-refractivity contribution in [3.05, 3.63) is 23.8 Å². The molecule has 0 spiro atoms. The van der Waals surface area contributed by atoms with Gasteiger partial charge in [0, 0.05) is 19.6 Å². The van der Waals surface area contributed by atoms with Gasteiger partial charge in [-0.05, 0) is 42.9 Å². The Morgan fingerprint density at radius 2 is 2.00 bits per heavy atom. The summed E-state index contributed by atoms with van der Waals surface area (Å²) in [4.78, 5) is 12.1. The van der Waals surface area contributed by atoms with Gasteiger partial charge in [-0.2, -0.15) is 0 Å². The van der Waals surface area contributed by atoms with Crippen LogP contribution in [0.2, 0.25) is 0 Å². The molecule has 2 fully saturated rings. The highest BCUT2D eigenvalue weighted by Gasteiger charge is 2.17. The van der Waals surface area contributed by atoms with Gasteiger partial charge in [0.25, 0.3) is 0 Å². The molecule has 5 nitrogen and oxygen atoms in total. The number of carbonyl (C=O) groups excluding carboxylic acids is 1. The molecule has 1 N–H and O–H groups in total. The van der Waals surface area contributed by atoms with E-state index in [0.29, 0.717) is 25.3 Å². The lowest BCUT2D eigenvalue weighted by Gasteiger charge is -2.21. The Morgan fingerprint density at radius 3 is 2.74 bits per heavy atom. The molecule has 1 saturated carbocycles. The van der Waals surface area contributed by atoms with Crippen LogP contribution in [0.4, 0.5) is 0 Å². The Hall–Kier alpha value is -1.75. The number of amides is 1. The molecule has 2 aliphatic rings. The van der Waals surface area contributed by atoms with Gasteiger partial charge in [-0.15, -0.1) is 0 Å². The first kappa shape index (κ1) is 20.0. The molecular weight excluding hydrogens is 342 g/mol. The fraction of sp³-hybridized carbons (Fsp3) is 0.682. The predicted molar refractivity (Wildman–Crippen MR) is 105 cm³/mol. The molecule has 1 aliphatic carbocycles. The summed E-state index contributed by atoms with van der Waals surface area (Å²) in [5.41, 5.74) is 1.02. The molecule has 0 aromatic heterocycles. The van der Waals surface area contributed by atoms with Gasteiger partial charge in [-0.3, -0.25) is 4.79 Å². The van der Waals surface area contributed by atoms with E-state index < -0.39 is 0 Å². The van der Waals surface area contributed by atoms with E-state index in [1.807, 2.05) is 18.2 Å². The number of rotatable bonds is 9. The van der Waals surface area contributed by atoms with Crippen molar-refractivity contribution in [2.45, 2.75) is 70.4 Å². The van der Waals surface area contributed by atoms with Crippen LogP contribution in [-0.2, 0) is 16.1 Å². The molecule has 5 heteroatoms. The standard InChI is InChI=1S/C22H33NO4/c1-25-21-14-18(9-11-20(21)27-16-19-8-5-13-26-19)15-23-22(24)12-10-17-6-3-2-4-7-17/h9,11,14,17,19H,2-8,10,12-13,15-16H2,1H3,(H,23,24). The second kappa shape index (κ2) is 10.5. The number of nitrogens with one attached hydrogen (secondary N) is 1. The van der Waals surface area contributed by atoms with E-state index in [1.165, 1.54) is 32.1 Å². The Kier molecular flexibility index (Phi) is 7.81. The third-order valence-electron chi connectivity index (χ3n) is 5.67. The summed E-state index contributed by atoms with van der Waals surface area (Å²) < 4.78 is 16.9. The summed E-state index contributed by atoms with van der Waals surface area (Å²) in [6.07, 6.45) is 10.6. The van der Waals surface area contributed by atoms with Crippen LogP contribution in [0.25, 0.3) is 0 Å². The first-order chi connectivity index (χ1) is 13.2. The van der Waals surface area contributed by atoms with E-state index in [4.69, 9.17) is 14.2 Å². The minimum atomic E-state index is 0.137.